The number of aromatic nitrogens is 3. The molecule has 0 unspecified atom stereocenters. The third kappa shape index (κ3) is 4.54. The van der Waals surface area contributed by atoms with E-state index in [9.17, 15) is 9.18 Å². The Morgan fingerprint density at radius 2 is 1.97 bits per heavy atom. The van der Waals surface area contributed by atoms with Gasteiger partial charge in [0.1, 0.15) is 11.6 Å². The standard InChI is InChI=1S/C23H22ClFN4O/c1-5-29(13-30)23-18(12-26-16(4)28-23)10-14(2)19-9-7-17(11-21(19)24)20-8-6-15(3)27-22(20)25/h6-13H,5H2,1-4H3/b14-10+. The van der Waals surface area contributed by atoms with Crippen molar-refractivity contribution in [2.24, 2.45) is 0 Å². The van der Waals surface area contributed by atoms with Crippen LogP contribution in [0.3, 0.4) is 0 Å². The molecule has 30 heavy (non-hydrogen) atoms. The number of rotatable bonds is 6. The maximum Gasteiger partial charge on any atom is 0.220 e. The molecule has 1 amide bonds. The number of carbonyl (C=O) groups excluding carboxylic acids is 1. The number of amides is 1. The van der Waals surface area contributed by atoms with E-state index in [0.717, 1.165) is 17.5 Å². The quantitative estimate of drug-likeness (QED) is 0.387. The highest BCUT2D eigenvalue weighted by atomic mass is 35.5. The lowest BCUT2D eigenvalue weighted by molar-refractivity contribution is -0.107. The van der Waals surface area contributed by atoms with Gasteiger partial charge in [-0.25, -0.2) is 15.0 Å². The average molecular weight is 425 g/mol. The van der Waals surface area contributed by atoms with Crippen molar-refractivity contribution in [1.82, 2.24) is 15.0 Å². The molecule has 3 aromatic rings. The Bertz CT molecular complexity index is 1130. The summed E-state index contributed by atoms with van der Waals surface area (Å²) < 4.78 is 14.2. The first-order valence-corrected chi connectivity index (χ1v) is 9.89. The smallest absolute Gasteiger partial charge is 0.220 e. The van der Waals surface area contributed by atoms with Crippen LogP contribution in [0.15, 0.2) is 36.5 Å². The SMILES string of the molecule is CCN(C=O)c1nc(C)ncc1/C=C(\C)c1ccc(-c2ccc(C)nc2F)cc1Cl. The molecule has 0 spiro atoms. The molecule has 7 heteroatoms. The van der Waals surface area contributed by atoms with Crippen molar-refractivity contribution >= 4 is 35.5 Å². The molecule has 0 saturated heterocycles. The number of benzene rings is 1. The predicted molar refractivity (Wildman–Crippen MR) is 119 cm³/mol. The van der Waals surface area contributed by atoms with Crippen LogP contribution < -0.4 is 4.90 Å². The fraction of sp³-hybridized carbons (Fsp3) is 0.217. The summed E-state index contributed by atoms with van der Waals surface area (Å²) in [5.41, 5.74) is 4.03. The summed E-state index contributed by atoms with van der Waals surface area (Å²) >= 11 is 6.52. The minimum atomic E-state index is -0.527. The molecule has 2 heterocycles. The van der Waals surface area contributed by atoms with Crippen LogP contribution in [0.5, 0.6) is 0 Å². The van der Waals surface area contributed by atoms with Crippen LogP contribution >= 0.6 is 11.6 Å². The van der Waals surface area contributed by atoms with E-state index in [1.165, 1.54) is 4.90 Å². The van der Waals surface area contributed by atoms with Crippen LogP contribution in [-0.2, 0) is 4.79 Å². The van der Waals surface area contributed by atoms with Gasteiger partial charge in [0.25, 0.3) is 0 Å². The Morgan fingerprint density at radius 3 is 2.60 bits per heavy atom. The van der Waals surface area contributed by atoms with Crippen molar-refractivity contribution in [3.05, 3.63) is 70.1 Å². The molecule has 2 aromatic heterocycles. The molecule has 0 N–H and O–H groups in total. The molecule has 154 valence electrons. The van der Waals surface area contributed by atoms with Gasteiger partial charge < -0.3 is 0 Å². The van der Waals surface area contributed by atoms with Crippen LogP contribution in [0, 0.1) is 19.8 Å². The Balaban J connectivity index is 2.01. The molecule has 0 radical (unpaired) electrons. The first kappa shape index (κ1) is 21.6. The lowest BCUT2D eigenvalue weighted by atomic mass is 10.00. The van der Waals surface area contributed by atoms with Crippen molar-refractivity contribution in [1.29, 1.82) is 0 Å². The monoisotopic (exact) mass is 424 g/mol. The van der Waals surface area contributed by atoms with Crippen LogP contribution in [0.1, 0.15) is 36.5 Å². The van der Waals surface area contributed by atoms with Crippen LogP contribution in [0.4, 0.5) is 10.2 Å². The number of aryl methyl sites for hydroxylation is 2. The van der Waals surface area contributed by atoms with Gasteiger partial charge in [-0.1, -0.05) is 23.7 Å². The number of pyridine rings is 1. The summed E-state index contributed by atoms with van der Waals surface area (Å²) in [4.78, 5) is 25.5. The number of halogens is 2. The molecule has 3 rings (SSSR count). The van der Waals surface area contributed by atoms with E-state index in [1.54, 1.807) is 38.2 Å². The predicted octanol–water partition coefficient (Wildman–Crippen LogP) is 5.49. The van der Waals surface area contributed by atoms with Gasteiger partial charge in [-0.05, 0) is 68.7 Å². The molecule has 5 nitrogen and oxygen atoms in total. The maximum atomic E-state index is 14.2. The molecular weight excluding hydrogens is 403 g/mol. The van der Waals surface area contributed by atoms with E-state index in [2.05, 4.69) is 15.0 Å². The van der Waals surface area contributed by atoms with Gasteiger partial charge in [0.2, 0.25) is 12.4 Å². The number of anilines is 1. The molecule has 0 aliphatic heterocycles. The van der Waals surface area contributed by atoms with Gasteiger partial charge in [0.15, 0.2) is 0 Å². The van der Waals surface area contributed by atoms with E-state index in [1.807, 2.05) is 32.1 Å². The molecule has 0 fully saturated rings. The van der Waals surface area contributed by atoms with E-state index < -0.39 is 5.95 Å². The summed E-state index contributed by atoms with van der Waals surface area (Å²) in [7, 11) is 0. The Hall–Kier alpha value is -3.12. The highest BCUT2D eigenvalue weighted by molar-refractivity contribution is 6.32. The Labute approximate surface area is 180 Å². The second kappa shape index (κ2) is 9.13. The zero-order valence-electron chi connectivity index (χ0n) is 17.3. The maximum absolute atomic E-state index is 14.2. The molecule has 1 aromatic carbocycles. The number of nitrogens with zero attached hydrogens (tertiary/aromatic N) is 4. The van der Waals surface area contributed by atoms with Crippen molar-refractivity contribution < 1.29 is 9.18 Å². The number of allylic oxidation sites excluding steroid dienone is 1. The zero-order chi connectivity index (χ0) is 21.8. The second-order valence-corrected chi connectivity index (χ2v) is 7.31. The van der Waals surface area contributed by atoms with Gasteiger partial charge in [0, 0.05) is 34.6 Å². The largest absolute Gasteiger partial charge is 0.299 e. The Kier molecular flexibility index (Phi) is 6.57. The summed E-state index contributed by atoms with van der Waals surface area (Å²) in [6.07, 6.45) is 4.32. The number of carbonyl (C=O) groups is 1. The molecule has 0 saturated carbocycles. The average Bonchev–Trinajstić information content (AvgIpc) is 2.70. The summed E-state index contributed by atoms with van der Waals surface area (Å²) in [6.45, 7) is 7.80. The first-order valence-electron chi connectivity index (χ1n) is 9.51. The van der Waals surface area contributed by atoms with Gasteiger partial charge >= 0.3 is 0 Å². The summed E-state index contributed by atoms with van der Waals surface area (Å²) in [5, 5.41) is 0.485. The molecule has 0 aliphatic carbocycles. The van der Waals surface area contributed by atoms with Gasteiger partial charge in [-0.3, -0.25) is 9.69 Å². The van der Waals surface area contributed by atoms with Gasteiger partial charge in [0.05, 0.1) is 0 Å². The van der Waals surface area contributed by atoms with E-state index in [-0.39, 0.29) is 0 Å². The van der Waals surface area contributed by atoms with E-state index in [4.69, 9.17) is 11.6 Å². The third-order valence-corrected chi connectivity index (χ3v) is 5.03. The lowest BCUT2D eigenvalue weighted by Crippen LogP contribution is -2.22. The van der Waals surface area contributed by atoms with Crippen LogP contribution in [0.25, 0.3) is 22.8 Å². The summed E-state index contributed by atoms with van der Waals surface area (Å²) in [5.74, 6) is 0.595. The molecule has 0 atom stereocenters. The molecular formula is C23H22ClFN4O. The lowest BCUT2D eigenvalue weighted by Gasteiger charge is -2.17. The number of hydrogen-bond acceptors (Lipinski definition) is 4. The molecule has 0 bridgehead atoms. The Morgan fingerprint density at radius 1 is 1.20 bits per heavy atom. The van der Waals surface area contributed by atoms with Crippen molar-refractivity contribution in [3.63, 3.8) is 0 Å². The minimum absolute atomic E-state index is 0.398. The van der Waals surface area contributed by atoms with Gasteiger partial charge in [-0.15, -0.1) is 0 Å². The topological polar surface area (TPSA) is 59.0 Å². The normalized spacial score (nSPS) is 11.5. The zero-order valence-corrected chi connectivity index (χ0v) is 18.0. The number of hydrogen-bond donors (Lipinski definition) is 0. The first-order chi connectivity index (χ1) is 14.3. The highest BCUT2D eigenvalue weighted by Crippen LogP contribution is 2.32. The summed E-state index contributed by atoms with van der Waals surface area (Å²) in [6, 6.07) is 8.83. The fourth-order valence-corrected chi connectivity index (χ4v) is 3.46. The third-order valence-electron chi connectivity index (χ3n) is 4.72. The van der Waals surface area contributed by atoms with Crippen LogP contribution in [-0.4, -0.2) is 27.9 Å². The van der Waals surface area contributed by atoms with Gasteiger partial charge in [-0.2, -0.15) is 4.39 Å². The van der Waals surface area contributed by atoms with Crippen molar-refractivity contribution in [2.45, 2.75) is 27.7 Å². The van der Waals surface area contributed by atoms with Crippen molar-refractivity contribution in [3.8, 4) is 11.1 Å². The highest BCUT2D eigenvalue weighted by Gasteiger charge is 2.13. The fourth-order valence-electron chi connectivity index (χ4n) is 3.13. The molecule has 0 aliphatic rings. The van der Waals surface area contributed by atoms with Crippen LogP contribution in [0.2, 0.25) is 5.02 Å². The minimum Gasteiger partial charge on any atom is -0.299 e. The van der Waals surface area contributed by atoms with E-state index >= 15 is 0 Å². The van der Waals surface area contributed by atoms with Crippen molar-refractivity contribution in [2.75, 3.05) is 11.4 Å². The second-order valence-electron chi connectivity index (χ2n) is 6.90. The van der Waals surface area contributed by atoms with E-state index in [0.29, 0.717) is 45.6 Å².